The van der Waals surface area contributed by atoms with Gasteiger partial charge in [-0.05, 0) is 18.1 Å². The predicted octanol–water partition coefficient (Wildman–Crippen LogP) is 1.36. The van der Waals surface area contributed by atoms with E-state index in [4.69, 9.17) is 10.5 Å². The summed E-state index contributed by atoms with van der Waals surface area (Å²) in [6.45, 7) is 3.89. The van der Waals surface area contributed by atoms with Crippen molar-refractivity contribution in [1.29, 1.82) is 0 Å². The van der Waals surface area contributed by atoms with E-state index in [0.717, 1.165) is 6.07 Å². The van der Waals surface area contributed by atoms with E-state index in [0.29, 0.717) is 0 Å². The molecule has 0 aliphatic heterocycles. The third-order valence-electron chi connectivity index (χ3n) is 2.72. The molecule has 0 aromatic heterocycles. The molecule has 0 saturated carbocycles. The van der Waals surface area contributed by atoms with Crippen LogP contribution in [-0.4, -0.2) is 28.2 Å². The van der Waals surface area contributed by atoms with Crippen molar-refractivity contribution in [2.45, 2.75) is 24.8 Å². The summed E-state index contributed by atoms with van der Waals surface area (Å²) in [5.74, 6) is -0.866. The minimum absolute atomic E-state index is 0.00252. The first-order valence-corrected chi connectivity index (χ1v) is 7.33. The van der Waals surface area contributed by atoms with Gasteiger partial charge in [0.1, 0.15) is 10.7 Å². The molecule has 1 rings (SSSR count). The van der Waals surface area contributed by atoms with Crippen LogP contribution in [0.2, 0.25) is 0 Å². The molecule has 7 heteroatoms. The molecular weight excluding hydrogens is 271 g/mol. The Balaban J connectivity index is 3.10. The molecule has 0 spiro atoms. The van der Waals surface area contributed by atoms with Gasteiger partial charge in [-0.3, -0.25) is 0 Å². The van der Waals surface area contributed by atoms with Crippen LogP contribution >= 0.6 is 0 Å². The molecule has 0 aliphatic rings. The molecule has 1 aromatic rings. The van der Waals surface area contributed by atoms with Crippen molar-refractivity contribution in [2.24, 2.45) is 5.92 Å². The highest BCUT2D eigenvalue weighted by atomic mass is 32.2. The standard InChI is InChI=1S/C12H19FN2O3S/c1-8(2)11(7-18-3)15-19(16,17)12-9(13)5-4-6-10(12)14/h4-6,8,11,15H,7,14H2,1-3H3. The monoisotopic (exact) mass is 290 g/mol. The van der Waals surface area contributed by atoms with Crippen LogP contribution < -0.4 is 10.5 Å². The Bertz CT molecular complexity index is 512. The largest absolute Gasteiger partial charge is 0.398 e. The Labute approximate surface area is 113 Å². The van der Waals surface area contributed by atoms with Crippen LogP contribution in [0.25, 0.3) is 0 Å². The highest BCUT2D eigenvalue weighted by molar-refractivity contribution is 7.89. The maximum absolute atomic E-state index is 13.7. The Hall–Kier alpha value is -1.18. The average molecular weight is 290 g/mol. The third-order valence-corrected chi connectivity index (χ3v) is 4.30. The highest BCUT2D eigenvalue weighted by Gasteiger charge is 2.26. The maximum Gasteiger partial charge on any atom is 0.245 e. The lowest BCUT2D eigenvalue weighted by Gasteiger charge is -2.22. The Morgan fingerprint density at radius 1 is 1.42 bits per heavy atom. The first-order valence-electron chi connectivity index (χ1n) is 5.85. The Morgan fingerprint density at radius 2 is 2.05 bits per heavy atom. The molecule has 0 amide bonds. The zero-order valence-electron chi connectivity index (χ0n) is 11.2. The lowest BCUT2D eigenvalue weighted by molar-refractivity contribution is 0.157. The fourth-order valence-corrected chi connectivity index (χ4v) is 3.17. The van der Waals surface area contributed by atoms with Gasteiger partial charge in [0.05, 0.1) is 12.3 Å². The molecule has 3 N–H and O–H groups in total. The number of methoxy groups -OCH3 is 1. The number of benzene rings is 1. The number of rotatable bonds is 6. The Kier molecular flexibility index (Phi) is 5.28. The van der Waals surface area contributed by atoms with Crippen molar-refractivity contribution in [3.8, 4) is 0 Å². The lowest BCUT2D eigenvalue weighted by Crippen LogP contribution is -2.42. The Morgan fingerprint density at radius 3 is 2.53 bits per heavy atom. The van der Waals surface area contributed by atoms with Crippen molar-refractivity contribution < 1.29 is 17.5 Å². The van der Waals surface area contributed by atoms with Crippen LogP contribution in [0.4, 0.5) is 10.1 Å². The van der Waals surface area contributed by atoms with E-state index in [1.165, 1.54) is 19.2 Å². The summed E-state index contributed by atoms with van der Waals surface area (Å²) in [5.41, 5.74) is 5.42. The number of nitrogen functional groups attached to an aromatic ring is 1. The van der Waals surface area contributed by atoms with Gasteiger partial charge in [0, 0.05) is 13.2 Å². The van der Waals surface area contributed by atoms with Gasteiger partial charge < -0.3 is 10.5 Å². The second kappa shape index (κ2) is 6.31. The van der Waals surface area contributed by atoms with Gasteiger partial charge in [-0.1, -0.05) is 19.9 Å². The molecule has 0 saturated heterocycles. The first kappa shape index (κ1) is 15.9. The van der Waals surface area contributed by atoms with Gasteiger partial charge in [-0.25, -0.2) is 17.5 Å². The molecule has 0 heterocycles. The molecule has 1 unspecified atom stereocenters. The van der Waals surface area contributed by atoms with Crippen molar-refractivity contribution >= 4 is 15.7 Å². The molecule has 1 aromatic carbocycles. The summed E-state index contributed by atoms with van der Waals surface area (Å²) in [4.78, 5) is -0.517. The zero-order valence-corrected chi connectivity index (χ0v) is 12.0. The molecular formula is C12H19FN2O3S. The predicted molar refractivity (Wildman–Crippen MR) is 71.6 cm³/mol. The second-order valence-corrected chi connectivity index (χ2v) is 6.24. The molecule has 5 nitrogen and oxygen atoms in total. The summed E-state index contributed by atoms with van der Waals surface area (Å²) >= 11 is 0. The molecule has 0 bridgehead atoms. The summed E-state index contributed by atoms with van der Waals surface area (Å²) in [6.07, 6.45) is 0. The normalized spacial score (nSPS) is 13.7. The van der Waals surface area contributed by atoms with Crippen molar-refractivity contribution in [1.82, 2.24) is 4.72 Å². The van der Waals surface area contributed by atoms with Crippen LogP contribution in [-0.2, 0) is 14.8 Å². The number of hydrogen-bond donors (Lipinski definition) is 2. The van der Waals surface area contributed by atoms with Crippen LogP contribution in [0.15, 0.2) is 23.1 Å². The van der Waals surface area contributed by atoms with E-state index in [1.807, 2.05) is 13.8 Å². The van der Waals surface area contributed by atoms with E-state index in [2.05, 4.69) is 4.72 Å². The van der Waals surface area contributed by atoms with Gasteiger partial charge in [0.2, 0.25) is 10.0 Å². The minimum Gasteiger partial charge on any atom is -0.398 e. The van der Waals surface area contributed by atoms with Crippen molar-refractivity contribution in [2.75, 3.05) is 19.5 Å². The highest BCUT2D eigenvalue weighted by Crippen LogP contribution is 2.22. The molecule has 1 atom stereocenters. The second-order valence-electron chi connectivity index (χ2n) is 4.59. The fourth-order valence-electron chi connectivity index (χ4n) is 1.61. The quantitative estimate of drug-likeness (QED) is 0.775. The minimum atomic E-state index is -4.02. The lowest BCUT2D eigenvalue weighted by atomic mass is 10.1. The summed E-state index contributed by atoms with van der Waals surface area (Å²) < 4.78 is 45.4. The average Bonchev–Trinajstić information content (AvgIpc) is 2.27. The van der Waals surface area contributed by atoms with E-state index in [1.54, 1.807) is 0 Å². The van der Waals surface area contributed by atoms with Crippen LogP contribution in [0.5, 0.6) is 0 Å². The number of halogens is 1. The number of anilines is 1. The number of ether oxygens (including phenoxy) is 1. The molecule has 0 fully saturated rings. The zero-order chi connectivity index (χ0) is 14.6. The summed E-state index contributed by atoms with van der Waals surface area (Å²) in [7, 11) is -2.54. The van der Waals surface area contributed by atoms with E-state index < -0.39 is 26.8 Å². The summed E-state index contributed by atoms with van der Waals surface area (Å²) in [5, 5.41) is 0. The van der Waals surface area contributed by atoms with Gasteiger partial charge in [-0.2, -0.15) is 0 Å². The van der Waals surface area contributed by atoms with E-state index in [-0.39, 0.29) is 18.2 Å². The smallest absolute Gasteiger partial charge is 0.245 e. The molecule has 0 aliphatic carbocycles. The maximum atomic E-state index is 13.7. The van der Waals surface area contributed by atoms with Gasteiger partial charge >= 0.3 is 0 Å². The van der Waals surface area contributed by atoms with Crippen LogP contribution in [0.1, 0.15) is 13.8 Å². The number of nitrogens with one attached hydrogen (secondary N) is 1. The van der Waals surface area contributed by atoms with Crippen molar-refractivity contribution in [3.05, 3.63) is 24.0 Å². The van der Waals surface area contributed by atoms with E-state index in [9.17, 15) is 12.8 Å². The molecule has 108 valence electrons. The number of sulfonamides is 1. The molecule has 0 radical (unpaired) electrons. The van der Waals surface area contributed by atoms with Gasteiger partial charge in [0.15, 0.2) is 0 Å². The van der Waals surface area contributed by atoms with Crippen LogP contribution in [0, 0.1) is 11.7 Å². The first-order chi connectivity index (χ1) is 8.79. The topological polar surface area (TPSA) is 81.4 Å². The fraction of sp³-hybridized carbons (Fsp3) is 0.500. The van der Waals surface area contributed by atoms with E-state index >= 15 is 0 Å². The van der Waals surface area contributed by atoms with Gasteiger partial charge in [0.25, 0.3) is 0 Å². The van der Waals surface area contributed by atoms with Crippen molar-refractivity contribution in [3.63, 3.8) is 0 Å². The number of hydrogen-bond acceptors (Lipinski definition) is 4. The number of nitrogens with two attached hydrogens (primary N) is 1. The molecule has 19 heavy (non-hydrogen) atoms. The SMILES string of the molecule is COCC(NS(=O)(=O)c1c(N)cccc1F)C(C)C. The third kappa shape index (κ3) is 3.89. The van der Waals surface area contributed by atoms with Gasteiger partial charge in [-0.15, -0.1) is 0 Å². The summed E-state index contributed by atoms with van der Waals surface area (Å²) in [6, 6.07) is 3.32. The van der Waals surface area contributed by atoms with Crippen LogP contribution in [0.3, 0.4) is 0 Å².